The second kappa shape index (κ2) is 8.75. The number of carbonyl (C=O) groups is 2. The van der Waals surface area contributed by atoms with Crippen LogP contribution in [0.15, 0.2) is 84.6 Å². The van der Waals surface area contributed by atoms with E-state index >= 15 is 0 Å². The summed E-state index contributed by atoms with van der Waals surface area (Å²) < 4.78 is 10.9. The molecule has 3 aromatic rings. The summed E-state index contributed by atoms with van der Waals surface area (Å²) in [6.07, 6.45) is 0. The summed E-state index contributed by atoms with van der Waals surface area (Å²) in [6, 6.07) is 23.3. The number of rotatable bonds is 7. The minimum atomic E-state index is -0.425. The van der Waals surface area contributed by atoms with E-state index in [2.05, 4.69) is 5.32 Å². The lowest BCUT2D eigenvalue weighted by atomic mass is 10.0. The van der Waals surface area contributed by atoms with Gasteiger partial charge in [-0.25, -0.2) is 4.90 Å². The number of ether oxygens (including phenoxy) is 2. The van der Waals surface area contributed by atoms with E-state index in [9.17, 15) is 9.59 Å². The lowest BCUT2D eigenvalue weighted by Crippen LogP contribution is -2.32. The summed E-state index contributed by atoms with van der Waals surface area (Å²) in [5.41, 5.74) is 2.22. The highest BCUT2D eigenvalue weighted by Crippen LogP contribution is 2.35. The number of nitrogens with zero attached hydrogens (tertiary/aromatic N) is 1. The van der Waals surface area contributed by atoms with Gasteiger partial charge in [-0.05, 0) is 48.9 Å². The van der Waals surface area contributed by atoms with Gasteiger partial charge < -0.3 is 14.8 Å². The highest BCUT2D eigenvalue weighted by Gasteiger charge is 2.40. The topological polar surface area (TPSA) is 67.9 Å². The van der Waals surface area contributed by atoms with Crippen LogP contribution < -0.4 is 19.7 Å². The third-order valence-corrected chi connectivity index (χ3v) is 4.92. The van der Waals surface area contributed by atoms with Crippen molar-refractivity contribution in [1.82, 2.24) is 0 Å². The number of hydrogen-bond acceptors (Lipinski definition) is 5. The van der Waals surface area contributed by atoms with Gasteiger partial charge in [-0.1, -0.05) is 42.5 Å². The van der Waals surface area contributed by atoms with Crippen molar-refractivity contribution in [1.29, 1.82) is 0 Å². The second-order valence-electron chi connectivity index (χ2n) is 6.81. The van der Waals surface area contributed by atoms with Crippen LogP contribution in [0.1, 0.15) is 12.5 Å². The number of carbonyl (C=O) groups excluding carboxylic acids is 2. The molecule has 6 heteroatoms. The Bertz CT molecular complexity index is 1140. The molecular weight excluding hydrogens is 392 g/mol. The first kappa shape index (κ1) is 20.2. The SMILES string of the molecule is CCOc1ccc(C2=C(Nc3ccccc3OC)C(=O)N(c3ccccc3)C2=O)cc1. The molecule has 1 heterocycles. The van der Waals surface area contributed by atoms with Crippen LogP contribution in [0.25, 0.3) is 5.57 Å². The zero-order valence-corrected chi connectivity index (χ0v) is 17.3. The molecule has 0 spiro atoms. The zero-order chi connectivity index (χ0) is 21.8. The summed E-state index contributed by atoms with van der Waals surface area (Å²) in [4.78, 5) is 28.0. The smallest absolute Gasteiger partial charge is 0.282 e. The summed E-state index contributed by atoms with van der Waals surface area (Å²) in [5, 5.41) is 3.14. The van der Waals surface area contributed by atoms with Gasteiger partial charge in [-0.2, -0.15) is 0 Å². The molecule has 1 aliphatic rings. The predicted octanol–water partition coefficient (Wildman–Crippen LogP) is 4.49. The lowest BCUT2D eigenvalue weighted by Gasteiger charge is -2.15. The van der Waals surface area contributed by atoms with Crippen molar-refractivity contribution in [3.05, 3.63) is 90.1 Å². The number of methoxy groups -OCH3 is 1. The quantitative estimate of drug-likeness (QED) is 0.577. The van der Waals surface area contributed by atoms with Crippen LogP contribution in [0.2, 0.25) is 0 Å². The Balaban J connectivity index is 1.81. The van der Waals surface area contributed by atoms with Crippen molar-refractivity contribution in [3.63, 3.8) is 0 Å². The largest absolute Gasteiger partial charge is 0.495 e. The average Bonchev–Trinajstić information content (AvgIpc) is 3.05. The number of para-hydroxylation sites is 3. The zero-order valence-electron chi connectivity index (χ0n) is 17.3. The molecular formula is C25H22N2O4. The van der Waals surface area contributed by atoms with Gasteiger partial charge in [0.05, 0.1) is 30.7 Å². The molecule has 1 aliphatic heterocycles. The molecule has 2 amide bonds. The maximum absolute atomic E-state index is 13.4. The maximum atomic E-state index is 13.4. The third-order valence-electron chi connectivity index (χ3n) is 4.92. The number of anilines is 2. The lowest BCUT2D eigenvalue weighted by molar-refractivity contribution is -0.120. The molecule has 4 rings (SSSR count). The van der Waals surface area contributed by atoms with Crippen LogP contribution >= 0.6 is 0 Å². The summed E-state index contributed by atoms with van der Waals surface area (Å²) >= 11 is 0. The van der Waals surface area contributed by atoms with E-state index < -0.39 is 11.8 Å². The first-order valence-electron chi connectivity index (χ1n) is 9.95. The van der Waals surface area contributed by atoms with Crippen LogP contribution in [0, 0.1) is 0 Å². The fourth-order valence-electron chi connectivity index (χ4n) is 3.49. The molecule has 0 fully saturated rings. The van der Waals surface area contributed by atoms with Crippen molar-refractivity contribution in [3.8, 4) is 11.5 Å². The molecule has 0 unspecified atom stereocenters. The van der Waals surface area contributed by atoms with Gasteiger partial charge in [0.2, 0.25) is 0 Å². The van der Waals surface area contributed by atoms with Crippen LogP contribution in [0.4, 0.5) is 11.4 Å². The maximum Gasteiger partial charge on any atom is 0.282 e. The van der Waals surface area contributed by atoms with Gasteiger partial charge in [-0.3, -0.25) is 9.59 Å². The standard InChI is InChI=1S/C25H22N2O4/c1-3-31-19-15-13-17(14-16-19)22-23(26-20-11-7-8-12-21(20)30-2)25(29)27(24(22)28)18-9-5-4-6-10-18/h4-16,26H,3H2,1-2H3. The van der Waals surface area contributed by atoms with Gasteiger partial charge in [0, 0.05) is 0 Å². The fourth-order valence-corrected chi connectivity index (χ4v) is 3.49. The number of imide groups is 1. The number of hydrogen-bond donors (Lipinski definition) is 1. The van der Waals surface area contributed by atoms with Gasteiger partial charge in [0.1, 0.15) is 17.2 Å². The van der Waals surface area contributed by atoms with E-state index in [1.165, 1.54) is 4.90 Å². The molecule has 0 aromatic heterocycles. The Kier molecular flexibility index (Phi) is 5.71. The molecule has 3 aromatic carbocycles. The first-order valence-corrected chi connectivity index (χ1v) is 9.95. The fraction of sp³-hybridized carbons (Fsp3) is 0.120. The Labute approximate surface area is 180 Å². The van der Waals surface area contributed by atoms with Crippen LogP contribution in [-0.4, -0.2) is 25.5 Å². The molecule has 156 valence electrons. The van der Waals surface area contributed by atoms with Gasteiger partial charge in [-0.15, -0.1) is 0 Å². The number of benzene rings is 3. The molecule has 1 N–H and O–H groups in total. The first-order chi connectivity index (χ1) is 15.1. The van der Waals surface area contributed by atoms with E-state index in [4.69, 9.17) is 9.47 Å². The van der Waals surface area contributed by atoms with Crippen molar-refractivity contribution in [2.24, 2.45) is 0 Å². The normalized spacial score (nSPS) is 13.5. The van der Waals surface area contributed by atoms with E-state index in [-0.39, 0.29) is 5.70 Å². The van der Waals surface area contributed by atoms with E-state index in [0.717, 1.165) is 0 Å². The molecule has 31 heavy (non-hydrogen) atoms. The Hall–Kier alpha value is -4.06. The second-order valence-corrected chi connectivity index (χ2v) is 6.81. The molecule has 0 radical (unpaired) electrons. The summed E-state index contributed by atoms with van der Waals surface area (Å²) in [6.45, 7) is 2.45. The molecule has 0 atom stereocenters. The molecule has 6 nitrogen and oxygen atoms in total. The molecule has 0 aliphatic carbocycles. The van der Waals surface area contributed by atoms with Crippen molar-refractivity contribution >= 4 is 28.8 Å². The minimum Gasteiger partial charge on any atom is -0.495 e. The predicted molar refractivity (Wildman–Crippen MR) is 120 cm³/mol. The van der Waals surface area contributed by atoms with Crippen molar-refractivity contribution in [2.45, 2.75) is 6.92 Å². The Morgan fingerprint density at radius 1 is 0.839 bits per heavy atom. The number of nitrogens with one attached hydrogen (secondary N) is 1. The minimum absolute atomic E-state index is 0.197. The van der Waals surface area contributed by atoms with Crippen LogP contribution in [0.3, 0.4) is 0 Å². The van der Waals surface area contributed by atoms with Gasteiger partial charge in [0.25, 0.3) is 11.8 Å². The summed E-state index contributed by atoms with van der Waals surface area (Å²) in [7, 11) is 1.56. The average molecular weight is 414 g/mol. The third kappa shape index (κ3) is 3.88. The number of amides is 2. The molecule has 0 bridgehead atoms. The highest BCUT2D eigenvalue weighted by molar-refractivity contribution is 6.46. The van der Waals surface area contributed by atoms with Crippen molar-refractivity contribution < 1.29 is 19.1 Å². The Morgan fingerprint density at radius 3 is 2.19 bits per heavy atom. The summed E-state index contributed by atoms with van der Waals surface area (Å²) in [5.74, 6) is 0.450. The van der Waals surface area contributed by atoms with Gasteiger partial charge >= 0.3 is 0 Å². The monoisotopic (exact) mass is 414 g/mol. The van der Waals surface area contributed by atoms with Crippen LogP contribution in [0.5, 0.6) is 11.5 Å². The highest BCUT2D eigenvalue weighted by atomic mass is 16.5. The van der Waals surface area contributed by atoms with Crippen LogP contribution in [-0.2, 0) is 9.59 Å². The van der Waals surface area contributed by atoms with E-state index in [1.54, 1.807) is 67.8 Å². The van der Waals surface area contributed by atoms with Crippen molar-refractivity contribution in [2.75, 3.05) is 23.9 Å². The van der Waals surface area contributed by atoms with Gasteiger partial charge in [0.15, 0.2) is 0 Å². The molecule has 0 saturated carbocycles. The van der Waals surface area contributed by atoms with E-state index in [0.29, 0.717) is 40.6 Å². The Morgan fingerprint density at radius 2 is 1.52 bits per heavy atom. The molecule has 0 saturated heterocycles. The van der Waals surface area contributed by atoms with E-state index in [1.807, 2.05) is 25.1 Å².